The highest BCUT2D eigenvalue weighted by Gasteiger charge is 2.31. The second-order valence-corrected chi connectivity index (χ2v) is 9.39. The molecule has 33 heavy (non-hydrogen) atoms. The first-order valence-electron chi connectivity index (χ1n) is 11.3. The van der Waals surface area contributed by atoms with Crippen LogP contribution >= 0.6 is 0 Å². The lowest BCUT2D eigenvalue weighted by Crippen LogP contribution is -2.43. The van der Waals surface area contributed by atoms with Gasteiger partial charge in [-0.25, -0.2) is 4.79 Å². The molecule has 1 aromatic carbocycles. The Morgan fingerprint density at radius 2 is 1.55 bits per heavy atom. The lowest BCUT2D eigenvalue weighted by atomic mass is 9.97. The number of carbonyl (C=O) groups is 3. The first kappa shape index (κ1) is 24.7. The lowest BCUT2D eigenvalue weighted by molar-refractivity contribution is -0.157. The molecule has 9 heteroatoms. The highest BCUT2D eigenvalue weighted by molar-refractivity contribution is 5.82. The van der Waals surface area contributed by atoms with Crippen molar-refractivity contribution in [1.82, 2.24) is 9.80 Å². The summed E-state index contributed by atoms with van der Waals surface area (Å²) in [5, 5.41) is 0. The SMILES string of the molecule is COc1cc2c(cc1OC)CN(C(=O)COC(=O)C1CCN(C(=O)OC(C)(C)C)CC1)CC2. The number of amides is 2. The molecule has 0 N–H and O–H groups in total. The van der Waals surface area contributed by atoms with E-state index in [-0.39, 0.29) is 24.5 Å². The number of hydrogen-bond acceptors (Lipinski definition) is 7. The van der Waals surface area contributed by atoms with E-state index >= 15 is 0 Å². The molecule has 1 fully saturated rings. The fraction of sp³-hybridized carbons (Fsp3) is 0.625. The quantitative estimate of drug-likeness (QED) is 0.621. The first-order valence-corrected chi connectivity index (χ1v) is 11.3. The summed E-state index contributed by atoms with van der Waals surface area (Å²) in [4.78, 5) is 40.6. The van der Waals surface area contributed by atoms with Crippen LogP contribution in [0.3, 0.4) is 0 Å². The van der Waals surface area contributed by atoms with Crippen molar-refractivity contribution < 1.29 is 33.3 Å². The summed E-state index contributed by atoms with van der Waals surface area (Å²) in [6.07, 6.45) is 1.30. The minimum Gasteiger partial charge on any atom is -0.493 e. The van der Waals surface area contributed by atoms with E-state index in [1.54, 1.807) is 24.0 Å². The van der Waals surface area contributed by atoms with Crippen LogP contribution in [0.4, 0.5) is 4.79 Å². The van der Waals surface area contributed by atoms with Gasteiger partial charge in [0.25, 0.3) is 5.91 Å². The number of ether oxygens (including phenoxy) is 4. The summed E-state index contributed by atoms with van der Waals surface area (Å²) in [6.45, 7) is 7.01. The van der Waals surface area contributed by atoms with Gasteiger partial charge < -0.3 is 28.7 Å². The molecule has 3 rings (SSSR count). The molecule has 182 valence electrons. The molecule has 0 aliphatic carbocycles. The number of fused-ring (bicyclic) bond motifs is 1. The van der Waals surface area contributed by atoms with Gasteiger partial charge in [-0.05, 0) is 63.3 Å². The van der Waals surface area contributed by atoms with Crippen molar-refractivity contribution in [1.29, 1.82) is 0 Å². The first-order chi connectivity index (χ1) is 15.6. The summed E-state index contributed by atoms with van der Waals surface area (Å²) in [6, 6.07) is 3.83. The molecule has 0 bridgehead atoms. The molecule has 0 radical (unpaired) electrons. The maximum atomic E-state index is 12.7. The number of likely N-dealkylation sites (tertiary alicyclic amines) is 1. The lowest BCUT2D eigenvalue weighted by Gasteiger charge is -2.33. The number of methoxy groups -OCH3 is 2. The van der Waals surface area contributed by atoms with Gasteiger partial charge in [0, 0.05) is 26.2 Å². The fourth-order valence-corrected chi connectivity index (χ4v) is 4.06. The Hall–Kier alpha value is -2.97. The third-order valence-electron chi connectivity index (χ3n) is 5.89. The average Bonchev–Trinajstić information content (AvgIpc) is 2.79. The molecule has 9 nitrogen and oxygen atoms in total. The molecule has 0 unspecified atom stereocenters. The zero-order chi connectivity index (χ0) is 24.2. The molecule has 0 saturated carbocycles. The standard InChI is InChI=1S/C24H34N2O7/c1-24(2,3)33-23(29)25-9-6-16(7-10-25)22(28)32-15-21(27)26-11-8-17-12-19(30-4)20(31-5)13-18(17)14-26/h12-13,16H,6-11,14-15H2,1-5H3. The molecule has 0 spiro atoms. The average molecular weight is 463 g/mol. The Labute approximate surface area is 194 Å². The smallest absolute Gasteiger partial charge is 0.410 e. The van der Waals surface area contributed by atoms with E-state index in [9.17, 15) is 14.4 Å². The summed E-state index contributed by atoms with van der Waals surface area (Å²) >= 11 is 0. The molecule has 2 amide bonds. The van der Waals surface area contributed by atoms with Crippen molar-refractivity contribution in [2.75, 3.05) is 40.5 Å². The molecule has 2 aliphatic heterocycles. The van der Waals surface area contributed by atoms with E-state index in [2.05, 4.69) is 0 Å². The number of benzene rings is 1. The number of piperidine rings is 1. The van der Waals surface area contributed by atoms with Crippen molar-refractivity contribution in [2.24, 2.45) is 5.92 Å². The van der Waals surface area contributed by atoms with Crippen LogP contribution in [0.2, 0.25) is 0 Å². The normalized spacial score (nSPS) is 16.6. The second-order valence-electron chi connectivity index (χ2n) is 9.39. The van der Waals surface area contributed by atoms with Crippen LogP contribution < -0.4 is 9.47 Å². The molecular formula is C24H34N2O7. The number of hydrogen-bond donors (Lipinski definition) is 0. The van der Waals surface area contributed by atoms with Crippen molar-refractivity contribution in [2.45, 2.75) is 52.2 Å². The van der Waals surface area contributed by atoms with Crippen LogP contribution in [-0.2, 0) is 32.0 Å². The van der Waals surface area contributed by atoms with Crippen molar-refractivity contribution in [3.8, 4) is 11.5 Å². The van der Waals surface area contributed by atoms with Gasteiger partial charge in [0.15, 0.2) is 18.1 Å². The predicted octanol–water partition coefficient (Wildman–Crippen LogP) is 2.78. The Bertz CT molecular complexity index is 886. The largest absolute Gasteiger partial charge is 0.493 e. The Morgan fingerprint density at radius 3 is 2.12 bits per heavy atom. The van der Waals surface area contributed by atoms with Crippen LogP contribution in [0, 0.1) is 5.92 Å². The minimum atomic E-state index is -0.556. The van der Waals surface area contributed by atoms with Gasteiger partial charge in [-0.15, -0.1) is 0 Å². The molecule has 1 saturated heterocycles. The highest BCUT2D eigenvalue weighted by atomic mass is 16.6. The molecule has 2 heterocycles. The van der Waals surface area contributed by atoms with Gasteiger partial charge in [-0.3, -0.25) is 9.59 Å². The summed E-state index contributed by atoms with van der Waals surface area (Å²) in [5.41, 5.74) is 1.55. The van der Waals surface area contributed by atoms with Crippen molar-refractivity contribution in [3.05, 3.63) is 23.3 Å². The van der Waals surface area contributed by atoms with E-state index in [1.165, 1.54) is 0 Å². The van der Waals surface area contributed by atoms with Gasteiger partial charge in [-0.2, -0.15) is 0 Å². The molecule has 1 aromatic rings. The Kier molecular flexibility index (Phi) is 7.71. The maximum absolute atomic E-state index is 12.7. The summed E-state index contributed by atoms with van der Waals surface area (Å²) < 4.78 is 21.4. The molecule has 0 aromatic heterocycles. The zero-order valence-corrected chi connectivity index (χ0v) is 20.1. The number of esters is 1. The van der Waals surface area contributed by atoms with Gasteiger partial charge in [0.1, 0.15) is 5.60 Å². The van der Waals surface area contributed by atoms with Gasteiger partial charge in [0.2, 0.25) is 0 Å². The summed E-state index contributed by atoms with van der Waals surface area (Å²) in [5.74, 6) is 0.346. The van der Waals surface area contributed by atoms with Crippen molar-refractivity contribution >= 4 is 18.0 Å². The third kappa shape index (κ3) is 6.30. The van der Waals surface area contributed by atoms with Gasteiger partial charge in [-0.1, -0.05) is 0 Å². The molecular weight excluding hydrogens is 428 g/mol. The van der Waals surface area contributed by atoms with Gasteiger partial charge in [0.05, 0.1) is 20.1 Å². The van der Waals surface area contributed by atoms with E-state index in [4.69, 9.17) is 18.9 Å². The number of carbonyl (C=O) groups excluding carboxylic acids is 3. The third-order valence-corrected chi connectivity index (χ3v) is 5.89. The molecule has 0 atom stereocenters. The fourth-order valence-electron chi connectivity index (χ4n) is 4.06. The Balaban J connectivity index is 1.47. The van der Waals surface area contributed by atoms with Crippen LogP contribution in [0.5, 0.6) is 11.5 Å². The number of rotatable bonds is 5. The van der Waals surface area contributed by atoms with E-state index in [0.717, 1.165) is 11.1 Å². The monoisotopic (exact) mass is 462 g/mol. The topological polar surface area (TPSA) is 94.6 Å². The van der Waals surface area contributed by atoms with E-state index in [0.29, 0.717) is 56.9 Å². The van der Waals surface area contributed by atoms with Crippen LogP contribution in [-0.4, -0.2) is 73.8 Å². The second kappa shape index (κ2) is 10.3. The maximum Gasteiger partial charge on any atom is 0.410 e. The van der Waals surface area contributed by atoms with Gasteiger partial charge >= 0.3 is 12.1 Å². The van der Waals surface area contributed by atoms with E-state index < -0.39 is 11.6 Å². The molecule has 2 aliphatic rings. The minimum absolute atomic E-state index is 0.227. The van der Waals surface area contributed by atoms with Crippen molar-refractivity contribution in [3.63, 3.8) is 0 Å². The summed E-state index contributed by atoms with van der Waals surface area (Å²) in [7, 11) is 3.17. The predicted molar refractivity (Wildman–Crippen MR) is 120 cm³/mol. The zero-order valence-electron chi connectivity index (χ0n) is 20.1. The Morgan fingerprint density at radius 1 is 0.939 bits per heavy atom. The highest BCUT2D eigenvalue weighted by Crippen LogP contribution is 2.33. The van der Waals surface area contributed by atoms with Crippen LogP contribution in [0.1, 0.15) is 44.7 Å². The van der Waals surface area contributed by atoms with E-state index in [1.807, 2.05) is 32.9 Å². The number of nitrogens with zero attached hydrogens (tertiary/aromatic N) is 2. The van der Waals surface area contributed by atoms with Crippen LogP contribution in [0.15, 0.2) is 12.1 Å². The van der Waals surface area contributed by atoms with Crippen LogP contribution in [0.25, 0.3) is 0 Å².